The largest absolute Gasteiger partial charge is 0.325 e. The fraction of sp³-hybridized carbons (Fsp3) is 0.438. The number of aromatic nitrogens is 3. The number of aryl methyl sites for hydroxylation is 2. The van der Waals surface area contributed by atoms with Gasteiger partial charge in [-0.05, 0) is 44.5 Å². The topological polar surface area (TPSA) is 71.8 Å². The molecule has 2 atom stereocenters. The minimum Gasteiger partial charge on any atom is -0.325 e. The summed E-state index contributed by atoms with van der Waals surface area (Å²) in [5.41, 5.74) is 0.742. The molecule has 23 heavy (non-hydrogen) atoms. The van der Waals surface area contributed by atoms with Crippen LogP contribution in [0, 0.1) is 6.92 Å². The van der Waals surface area contributed by atoms with Gasteiger partial charge in [0.2, 0.25) is 5.91 Å². The van der Waals surface area contributed by atoms with Crippen molar-refractivity contribution in [3.8, 4) is 0 Å². The number of hydrogen-bond donors (Lipinski definition) is 2. The third kappa shape index (κ3) is 3.89. The quantitative estimate of drug-likeness (QED) is 0.899. The molecule has 7 heteroatoms. The van der Waals surface area contributed by atoms with Crippen LogP contribution in [-0.4, -0.2) is 32.8 Å². The Hall–Kier alpha value is -1.92. The number of fused-ring (bicyclic) bond motifs is 1. The Kier molecular flexibility index (Phi) is 4.63. The fourth-order valence-corrected chi connectivity index (χ4v) is 2.91. The van der Waals surface area contributed by atoms with Crippen LogP contribution in [0.5, 0.6) is 0 Å². The number of anilines is 1. The van der Waals surface area contributed by atoms with Crippen LogP contribution in [0.4, 0.5) is 5.69 Å². The van der Waals surface area contributed by atoms with E-state index in [2.05, 4.69) is 20.7 Å². The number of amides is 1. The van der Waals surface area contributed by atoms with E-state index < -0.39 is 0 Å². The Balaban J connectivity index is 1.55. The van der Waals surface area contributed by atoms with Crippen LogP contribution in [-0.2, 0) is 17.8 Å². The number of nitrogens with zero attached hydrogens (tertiary/aromatic N) is 3. The molecule has 0 saturated carbocycles. The number of hydrogen-bond acceptors (Lipinski definition) is 4. The Morgan fingerprint density at radius 1 is 1.39 bits per heavy atom. The van der Waals surface area contributed by atoms with Crippen molar-refractivity contribution in [2.45, 2.75) is 45.3 Å². The lowest BCUT2D eigenvalue weighted by Gasteiger charge is -2.26. The van der Waals surface area contributed by atoms with E-state index in [0.717, 1.165) is 36.7 Å². The summed E-state index contributed by atoms with van der Waals surface area (Å²) in [6.07, 6.45) is 1.83. The summed E-state index contributed by atoms with van der Waals surface area (Å²) in [5.74, 6) is 1.76. The zero-order valence-corrected chi connectivity index (χ0v) is 14.0. The zero-order valence-electron chi connectivity index (χ0n) is 13.2. The Morgan fingerprint density at radius 3 is 2.87 bits per heavy atom. The van der Waals surface area contributed by atoms with Crippen molar-refractivity contribution in [1.29, 1.82) is 0 Å². The van der Waals surface area contributed by atoms with Gasteiger partial charge in [-0.2, -0.15) is 5.10 Å². The average molecular weight is 334 g/mol. The highest BCUT2D eigenvalue weighted by Crippen LogP contribution is 2.15. The van der Waals surface area contributed by atoms with Gasteiger partial charge in [0.25, 0.3) is 0 Å². The molecule has 3 rings (SSSR count). The zero-order chi connectivity index (χ0) is 16.4. The van der Waals surface area contributed by atoms with Crippen molar-refractivity contribution in [3.63, 3.8) is 0 Å². The van der Waals surface area contributed by atoms with Crippen molar-refractivity contribution in [1.82, 2.24) is 20.1 Å². The minimum absolute atomic E-state index is 0.0621. The van der Waals surface area contributed by atoms with Crippen molar-refractivity contribution >= 4 is 23.2 Å². The van der Waals surface area contributed by atoms with Gasteiger partial charge in [0.15, 0.2) is 0 Å². The van der Waals surface area contributed by atoms with Crippen LogP contribution < -0.4 is 10.6 Å². The van der Waals surface area contributed by atoms with E-state index in [1.165, 1.54) is 0 Å². The van der Waals surface area contributed by atoms with Gasteiger partial charge in [0.1, 0.15) is 11.6 Å². The number of carbonyl (C=O) groups is 1. The second kappa shape index (κ2) is 6.68. The SMILES string of the molecule is Cc1nc2n(n1)CC(NC(C)C(=O)Nc1ccc(Cl)cc1)CC2. The van der Waals surface area contributed by atoms with Gasteiger partial charge in [-0.1, -0.05) is 11.6 Å². The lowest BCUT2D eigenvalue weighted by molar-refractivity contribution is -0.118. The summed E-state index contributed by atoms with van der Waals surface area (Å²) in [6.45, 7) is 4.51. The number of carbonyl (C=O) groups excluding carboxylic acids is 1. The van der Waals surface area contributed by atoms with Crippen LogP contribution in [0.15, 0.2) is 24.3 Å². The fourth-order valence-electron chi connectivity index (χ4n) is 2.78. The number of benzene rings is 1. The number of rotatable bonds is 4. The maximum absolute atomic E-state index is 12.3. The first kappa shape index (κ1) is 16.0. The molecule has 2 unspecified atom stereocenters. The van der Waals surface area contributed by atoms with E-state index in [1.54, 1.807) is 24.3 Å². The maximum Gasteiger partial charge on any atom is 0.241 e. The normalized spacial score (nSPS) is 18.3. The van der Waals surface area contributed by atoms with Crippen LogP contribution >= 0.6 is 11.6 Å². The maximum atomic E-state index is 12.3. The van der Waals surface area contributed by atoms with Gasteiger partial charge < -0.3 is 10.6 Å². The van der Waals surface area contributed by atoms with E-state index in [1.807, 2.05) is 18.5 Å². The summed E-state index contributed by atoms with van der Waals surface area (Å²) in [4.78, 5) is 16.7. The first-order valence-electron chi connectivity index (χ1n) is 7.74. The average Bonchev–Trinajstić information content (AvgIpc) is 2.88. The van der Waals surface area contributed by atoms with E-state index in [4.69, 9.17) is 11.6 Å². The molecule has 0 saturated heterocycles. The van der Waals surface area contributed by atoms with Gasteiger partial charge in [0.05, 0.1) is 12.6 Å². The first-order chi connectivity index (χ1) is 11.0. The molecular weight excluding hydrogens is 314 g/mol. The van der Waals surface area contributed by atoms with Crippen molar-refractivity contribution in [2.75, 3.05) is 5.32 Å². The molecule has 0 aliphatic carbocycles. The molecule has 2 aromatic rings. The number of nitrogens with one attached hydrogen (secondary N) is 2. The Labute approximate surface area is 140 Å². The predicted octanol–water partition coefficient (Wildman–Crippen LogP) is 2.17. The van der Waals surface area contributed by atoms with Crippen LogP contribution in [0.2, 0.25) is 5.02 Å². The first-order valence-corrected chi connectivity index (χ1v) is 8.12. The third-order valence-corrected chi connectivity index (χ3v) is 4.21. The highest BCUT2D eigenvalue weighted by molar-refractivity contribution is 6.30. The van der Waals surface area contributed by atoms with Gasteiger partial charge in [-0.3, -0.25) is 4.79 Å². The second-order valence-electron chi connectivity index (χ2n) is 5.88. The van der Waals surface area contributed by atoms with E-state index in [9.17, 15) is 4.79 Å². The van der Waals surface area contributed by atoms with Crippen LogP contribution in [0.25, 0.3) is 0 Å². The van der Waals surface area contributed by atoms with Crippen molar-refractivity contribution in [2.24, 2.45) is 0 Å². The molecule has 1 aromatic carbocycles. The third-order valence-electron chi connectivity index (χ3n) is 3.95. The second-order valence-corrected chi connectivity index (χ2v) is 6.31. The Morgan fingerprint density at radius 2 is 2.13 bits per heavy atom. The molecule has 2 heterocycles. The molecular formula is C16H20ClN5O. The summed E-state index contributed by atoms with van der Waals surface area (Å²) in [5, 5.41) is 11.3. The predicted molar refractivity (Wildman–Crippen MR) is 89.5 cm³/mol. The van der Waals surface area contributed by atoms with Crippen LogP contribution in [0.1, 0.15) is 25.0 Å². The highest BCUT2D eigenvalue weighted by atomic mass is 35.5. The monoisotopic (exact) mass is 333 g/mol. The standard InChI is InChI=1S/C16H20ClN5O/c1-10(16(23)20-13-5-3-12(17)4-6-13)18-14-7-8-15-19-11(2)21-22(15)9-14/h3-6,10,14,18H,7-9H2,1-2H3,(H,20,23). The van der Waals surface area contributed by atoms with E-state index >= 15 is 0 Å². The smallest absolute Gasteiger partial charge is 0.241 e. The van der Waals surface area contributed by atoms with E-state index in [0.29, 0.717) is 5.02 Å². The van der Waals surface area contributed by atoms with Crippen molar-refractivity contribution in [3.05, 3.63) is 40.9 Å². The van der Waals surface area contributed by atoms with Crippen molar-refractivity contribution < 1.29 is 4.79 Å². The molecule has 1 aromatic heterocycles. The van der Waals surface area contributed by atoms with E-state index in [-0.39, 0.29) is 18.0 Å². The summed E-state index contributed by atoms with van der Waals surface area (Å²) >= 11 is 5.84. The molecule has 1 amide bonds. The molecule has 6 nitrogen and oxygen atoms in total. The van der Waals surface area contributed by atoms with Gasteiger partial charge in [0, 0.05) is 23.2 Å². The van der Waals surface area contributed by atoms with Gasteiger partial charge >= 0.3 is 0 Å². The highest BCUT2D eigenvalue weighted by Gasteiger charge is 2.24. The van der Waals surface area contributed by atoms with Gasteiger partial charge in [-0.25, -0.2) is 9.67 Å². The summed E-state index contributed by atoms with van der Waals surface area (Å²) in [7, 11) is 0. The molecule has 0 radical (unpaired) electrons. The Bertz CT molecular complexity index is 697. The van der Waals surface area contributed by atoms with Gasteiger partial charge in [-0.15, -0.1) is 0 Å². The molecule has 0 bridgehead atoms. The molecule has 2 N–H and O–H groups in total. The molecule has 0 fully saturated rings. The minimum atomic E-state index is -0.290. The van der Waals surface area contributed by atoms with Crippen LogP contribution in [0.3, 0.4) is 0 Å². The summed E-state index contributed by atoms with van der Waals surface area (Å²) < 4.78 is 1.93. The molecule has 1 aliphatic rings. The summed E-state index contributed by atoms with van der Waals surface area (Å²) in [6, 6.07) is 7.02. The lowest BCUT2D eigenvalue weighted by Crippen LogP contribution is -2.47. The molecule has 0 spiro atoms. The molecule has 1 aliphatic heterocycles. The lowest BCUT2D eigenvalue weighted by atomic mass is 10.1. The molecule has 122 valence electrons. The number of halogens is 1.